The van der Waals surface area contributed by atoms with Crippen LogP contribution in [0.15, 0.2) is 48.6 Å². The number of carbonyl (C=O) groups is 1. The Hall–Kier alpha value is -1.65. The molecule has 1 heterocycles. The van der Waals surface area contributed by atoms with Crippen LogP contribution in [0.1, 0.15) is 51.9 Å². The molecule has 1 saturated heterocycles. The number of rotatable bonds is 13. The van der Waals surface area contributed by atoms with Gasteiger partial charge in [0.1, 0.15) is 0 Å². The van der Waals surface area contributed by atoms with E-state index in [1.54, 1.807) is 6.08 Å². The number of aliphatic hydroxyl groups is 1. The standard InChI is InChI=1S/C20H30O4/c1-2-18-19(24-18)15-11-6-4-3-5-9-13-17(21)14-10-7-8-12-16-20(22)23/h3,5-7,9-11,13,17-19,21H,2,4,8,12,14-16H2,1H3,(H,22,23)/b5-3-,10-7-,11-6-,13-9-. The summed E-state index contributed by atoms with van der Waals surface area (Å²) in [4.78, 5) is 10.3. The fourth-order valence-corrected chi connectivity index (χ4v) is 2.30. The number of carboxylic acid groups (broad SMARTS) is 1. The molecule has 1 fully saturated rings. The quantitative estimate of drug-likeness (QED) is 0.229. The highest BCUT2D eigenvalue weighted by Crippen LogP contribution is 2.28. The molecular weight excluding hydrogens is 304 g/mol. The molecule has 134 valence electrons. The highest BCUT2D eigenvalue weighted by Gasteiger charge is 2.35. The molecule has 3 atom stereocenters. The second-order valence-corrected chi connectivity index (χ2v) is 5.94. The Morgan fingerprint density at radius 3 is 2.67 bits per heavy atom. The predicted octanol–water partition coefficient (Wildman–Crippen LogP) is 4.17. The van der Waals surface area contributed by atoms with Crippen LogP contribution in [0.5, 0.6) is 0 Å². The second kappa shape index (κ2) is 12.7. The van der Waals surface area contributed by atoms with Crippen molar-refractivity contribution in [1.29, 1.82) is 0 Å². The van der Waals surface area contributed by atoms with Crippen LogP contribution in [0.3, 0.4) is 0 Å². The maximum atomic E-state index is 10.3. The lowest BCUT2D eigenvalue weighted by Crippen LogP contribution is -1.98. The van der Waals surface area contributed by atoms with Gasteiger partial charge in [0, 0.05) is 6.42 Å². The highest BCUT2D eigenvalue weighted by molar-refractivity contribution is 5.66. The summed E-state index contributed by atoms with van der Waals surface area (Å²) < 4.78 is 5.46. The lowest BCUT2D eigenvalue weighted by molar-refractivity contribution is -0.137. The lowest BCUT2D eigenvalue weighted by Gasteiger charge is -1.99. The van der Waals surface area contributed by atoms with E-state index in [0.717, 1.165) is 25.7 Å². The van der Waals surface area contributed by atoms with Gasteiger partial charge < -0.3 is 14.9 Å². The summed E-state index contributed by atoms with van der Waals surface area (Å²) in [5.41, 5.74) is 0. The van der Waals surface area contributed by atoms with Gasteiger partial charge >= 0.3 is 5.97 Å². The molecule has 1 aliphatic heterocycles. The van der Waals surface area contributed by atoms with Crippen LogP contribution in [0.25, 0.3) is 0 Å². The molecule has 3 unspecified atom stereocenters. The van der Waals surface area contributed by atoms with E-state index in [2.05, 4.69) is 19.1 Å². The molecule has 1 rings (SSSR count). The zero-order valence-corrected chi connectivity index (χ0v) is 14.5. The molecule has 0 aromatic rings. The van der Waals surface area contributed by atoms with E-state index in [4.69, 9.17) is 9.84 Å². The van der Waals surface area contributed by atoms with Gasteiger partial charge in [-0.3, -0.25) is 4.79 Å². The highest BCUT2D eigenvalue weighted by atomic mass is 16.6. The third-order valence-corrected chi connectivity index (χ3v) is 3.78. The van der Waals surface area contributed by atoms with Crippen LogP contribution in [0, 0.1) is 0 Å². The Bertz CT molecular complexity index is 462. The van der Waals surface area contributed by atoms with E-state index in [1.165, 1.54) is 0 Å². The molecule has 1 aliphatic rings. The Labute approximate surface area is 145 Å². The van der Waals surface area contributed by atoms with E-state index in [9.17, 15) is 9.90 Å². The summed E-state index contributed by atoms with van der Waals surface area (Å²) in [6, 6.07) is 0. The van der Waals surface area contributed by atoms with Crippen molar-refractivity contribution in [2.24, 2.45) is 0 Å². The van der Waals surface area contributed by atoms with Gasteiger partial charge in [0.15, 0.2) is 0 Å². The number of unbranched alkanes of at least 4 members (excludes halogenated alkanes) is 1. The van der Waals surface area contributed by atoms with Crippen molar-refractivity contribution in [3.05, 3.63) is 48.6 Å². The van der Waals surface area contributed by atoms with Crippen molar-refractivity contribution in [2.75, 3.05) is 0 Å². The van der Waals surface area contributed by atoms with Crippen LogP contribution in [0.4, 0.5) is 0 Å². The fourth-order valence-electron chi connectivity index (χ4n) is 2.30. The minimum absolute atomic E-state index is 0.193. The number of carboxylic acids is 1. The van der Waals surface area contributed by atoms with Gasteiger partial charge in [0.05, 0.1) is 18.3 Å². The van der Waals surface area contributed by atoms with E-state index in [-0.39, 0.29) is 6.42 Å². The van der Waals surface area contributed by atoms with Crippen molar-refractivity contribution in [1.82, 2.24) is 0 Å². The third kappa shape index (κ3) is 11.0. The fraction of sp³-hybridized carbons (Fsp3) is 0.550. The Morgan fingerprint density at radius 1 is 1.12 bits per heavy atom. The van der Waals surface area contributed by atoms with Gasteiger partial charge in [-0.25, -0.2) is 0 Å². The van der Waals surface area contributed by atoms with Crippen molar-refractivity contribution in [3.63, 3.8) is 0 Å². The molecule has 0 saturated carbocycles. The van der Waals surface area contributed by atoms with E-state index in [0.29, 0.717) is 25.0 Å². The van der Waals surface area contributed by atoms with Crippen LogP contribution in [-0.2, 0) is 9.53 Å². The van der Waals surface area contributed by atoms with Gasteiger partial charge in [0.2, 0.25) is 0 Å². The van der Waals surface area contributed by atoms with Crippen LogP contribution in [-0.4, -0.2) is 34.5 Å². The number of ether oxygens (including phenoxy) is 1. The van der Waals surface area contributed by atoms with E-state index >= 15 is 0 Å². The average molecular weight is 334 g/mol. The van der Waals surface area contributed by atoms with Gasteiger partial charge in [0.25, 0.3) is 0 Å². The summed E-state index contributed by atoms with van der Waals surface area (Å²) in [6.07, 6.45) is 21.2. The molecule has 0 aromatic heterocycles. The Morgan fingerprint density at radius 2 is 1.96 bits per heavy atom. The number of hydrogen-bond donors (Lipinski definition) is 2. The topological polar surface area (TPSA) is 70.1 Å². The summed E-state index contributed by atoms with van der Waals surface area (Å²) in [5, 5.41) is 18.3. The monoisotopic (exact) mass is 334 g/mol. The smallest absolute Gasteiger partial charge is 0.303 e. The number of hydrogen-bond acceptors (Lipinski definition) is 3. The first-order valence-electron chi connectivity index (χ1n) is 8.82. The number of aliphatic carboxylic acids is 1. The van der Waals surface area contributed by atoms with Gasteiger partial charge in [-0.1, -0.05) is 55.5 Å². The first-order valence-corrected chi connectivity index (χ1v) is 8.82. The van der Waals surface area contributed by atoms with Gasteiger partial charge in [-0.2, -0.15) is 0 Å². The third-order valence-electron chi connectivity index (χ3n) is 3.78. The minimum atomic E-state index is -0.765. The molecule has 4 heteroatoms. The maximum Gasteiger partial charge on any atom is 0.303 e. The summed E-state index contributed by atoms with van der Waals surface area (Å²) in [6.45, 7) is 2.15. The molecule has 0 aromatic carbocycles. The SMILES string of the molecule is CCC1OC1C/C=C\C/C=C\C=C/C(O)C/C=C\CCCC(=O)O. The molecule has 0 spiro atoms. The number of epoxide rings is 1. The molecule has 24 heavy (non-hydrogen) atoms. The van der Waals surface area contributed by atoms with Gasteiger partial charge in [-0.15, -0.1) is 0 Å². The van der Waals surface area contributed by atoms with Crippen LogP contribution >= 0.6 is 0 Å². The van der Waals surface area contributed by atoms with Crippen molar-refractivity contribution in [3.8, 4) is 0 Å². The Kier molecular flexibility index (Phi) is 10.8. The van der Waals surface area contributed by atoms with Crippen LogP contribution in [0.2, 0.25) is 0 Å². The summed E-state index contributed by atoms with van der Waals surface area (Å²) in [5.74, 6) is -0.765. The molecule has 0 radical (unpaired) electrons. The predicted molar refractivity (Wildman–Crippen MR) is 96.9 cm³/mol. The van der Waals surface area contributed by atoms with Crippen molar-refractivity contribution in [2.45, 2.75) is 70.2 Å². The van der Waals surface area contributed by atoms with Crippen LogP contribution < -0.4 is 0 Å². The Balaban J connectivity index is 2.01. The van der Waals surface area contributed by atoms with Crippen molar-refractivity contribution < 1.29 is 19.7 Å². The first-order chi connectivity index (χ1) is 11.6. The minimum Gasteiger partial charge on any atom is -0.481 e. The molecule has 0 bridgehead atoms. The molecule has 4 nitrogen and oxygen atoms in total. The molecular formula is C20H30O4. The maximum absolute atomic E-state index is 10.3. The second-order valence-electron chi connectivity index (χ2n) is 5.94. The van der Waals surface area contributed by atoms with E-state index in [1.807, 2.05) is 30.4 Å². The summed E-state index contributed by atoms with van der Waals surface area (Å²) >= 11 is 0. The van der Waals surface area contributed by atoms with Crippen molar-refractivity contribution >= 4 is 5.97 Å². The molecule has 0 amide bonds. The summed E-state index contributed by atoms with van der Waals surface area (Å²) in [7, 11) is 0. The molecule has 2 N–H and O–H groups in total. The lowest BCUT2D eigenvalue weighted by atomic mass is 10.2. The largest absolute Gasteiger partial charge is 0.481 e. The zero-order valence-electron chi connectivity index (χ0n) is 14.5. The van der Waals surface area contributed by atoms with E-state index < -0.39 is 12.1 Å². The van der Waals surface area contributed by atoms with Gasteiger partial charge in [-0.05, 0) is 38.5 Å². The number of allylic oxidation sites excluding steroid dienone is 5. The first kappa shape index (κ1) is 20.4. The molecule has 0 aliphatic carbocycles. The zero-order chi connectivity index (χ0) is 17.6. The number of aliphatic hydroxyl groups excluding tert-OH is 1. The normalized spacial score (nSPS) is 22.2. The average Bonchev–Trinajstić information content (AvgIpc) is 3.31.